The fourth-order valence-electron chi connectivity index (χ4n) is 4.78. The molecule has 3 aliphatic rings. The molecule has 0 aromatic heterocycles. The largest absolute Gasteiger partial charge is 0.381 e. The van der Waals surface area contributed by atoms with Crippen molar-refractivity contribution in [1.29, 1.82) is 0 Å². The lowest BCUT2D eigenvalue weighted by Gasteiger charge is -2.48. The predicted molar refractivity (Wildman–Crippen MR) is 97.0 cm³/mol. The van der Waals surface area contributed by atoms with Gasteiger partial charge in [0.25, 0.3) is 10.1 Å². The molecule has 0 aromatic carbocycles. The van der Waals surface area contributed by atoms with Gasteiger partial charge in [0.1, 0.15) is 4.75 Å². The van der Waals surface area contributed by atoms with Crippen LogP contribution in [-0.4, -0.2) is 44.1 Å². The molecule has 5 nitrogen and oxygen atoms in total. The van der Waals surface area contributed by atoms with Crippen LogP contribution in [0.15, 0.2) is 23.3 Å². The molecule has 6 heteroatoms. The molecule has 3 atom stereocenters. The molecule has 2 unspecified atom stereocenters. The van der Waals surface area contributed by atoms with E-state index in [-0.39, 0.29) is 5.92 Å². The van der Waals surface area contributed by atoms with Gasteiger partial charge in [0.15, 0.2) is 0 Å². The Labute approximate surface area is 151 Å². The second kappa shape index (κ2) is 6.80. The van der Waals surface area contributed by atoms with E-state index in [0.717, 1.165) is 43.6 Å². The van der Waals surface area contributed by atoms with Gasteiger partial charge < -0.3 is 9.47 Å². The van der Waals surface area contributed by atoms with Crippen molar-refractivity contribution < 1.29 is 22.4 Å². The van der Waals surface area contributed by atoms with Crippen molar-refractivity contribution in [1.82, 2.24) is 0 Å². The Balaban J connectivity index is 1.99. The van der Waals surface area contributed by atoms with Gasteiger partial charge in [0, 0.05) is 31.8 Å². The van der Waals surface area contributed by atoms with E-state index in [1.807, 2.05) is 26.8 Å². The Bertz CT molecular complexity index is 664. The van der Waals surface area contributed by atoms with E-state index in [4.69, 9.17) is 9.47 Å². The minimum atomic E-state index is -4.28. The summed E-state index contributed by atoms with van der Waals surface area (Å²) in [7, 11) is -4.28. The van der Waals surface area contributed by atoms with Crippen molar-refractivity contribution in [2.45, 2.75) is 51.2 Å². The van der Waals surface area contributed by atoms with Crippen LogP contribution < -0.4 is 0 Å². The summed E-state index contributed by atoms with van der Waals surface area (Å²) >= 11 is 0. The van der Waals surface area contributed by atoms with E-state index in [9.17, 15) is 13.0 Å². The van der Waals surface area contributed by atoms with E-state index in [0.29, 0.717) is 25.6 Å². The summed E-state index contributed by atoms with van der Waals surface area (Å²) in [6, 6.07) is 0. The Morgan fingerprint density at radius 3 is 2.28 bits per heavy atom. The predicted octanol–water partition coefficient (Wildman–Crippen LogP) is 3.38. The van der Waals surface area contributed by atoms with Gasteiger partial charge in [-0.15, -0.1) is 0 Å². The molecule has 1 aliphatic carbocycles. The standard InChI is InChI=1S/C19H30O5S/c1-14-4-7-19(25(20,21)22,11-16-6-9-24-13-16)18(2,3)17(14)10-15-5-8-23-12-15/h4,7,15-16H,5-6,8-13H2,1-3H3,(H,20,21,22)/t15?,16?,19-/m1/s1. The first-order valence-corrected chi connectivity index (χ1v) is 10.6. The SMILES string of the molecule is CC1=C(CC2CCOC2)C(C)(C)[C@@](CC2CCOC2)(S(=O)(=O)O)C=C1. The van der Waals surface area contributed by atoms with E-state index >= 15 is 0 Å². The van der Waals surface area contributed by atoms with Crippen molar-refractivity contribution >= 4 is 10.1 Å². The molecular formula is C19H30O5S. The maximum Gasteiger partial charge on any atom is 0.275 e. The van der Waals surface area contributed by atoms with Gasteiger partial charge in [-0.25, -0.2) is 0 Å². The number of rotatable bonds is 5. The summed E-state index contributed by atoms with van der Waals surface area (Å²) in [6.07, 6.45) is 6.68. The second-order valence-electron chi connectivity index (χ2n) is 8.35. The summed E-state index contributed by atoms with van der Waals surface area (Å²) in [5, 5.41) is 0. The number of hydrogen-bond donors (Lipinski definition) is 1. The maximum atomic E-state index is 12.6. The van der Waals surface area contributed by atoms with Gasteiger partial charge in [-0.05, 0) is 44.4 Å². The third-order valence-corrected chi connectivity index (χ3v) is 8.22. The van der Waals surface area contributed by atoms with Crippen LogP contribution in [0.4, 0.5) is 0 Å². The molecule has 0 saturated carbocycles. The Morgan fingerprint density at radius 1 is 1.16 bits per heavy atom. The molecule has 2 aliphatic heterocycles. The van der Waals surface area contributed by atoms with Crippen LogP contribution in [0.1, 0.15) is 46.5 Å². The molecule has 2 saturated heterocycles. The first-order valence-electron chi connectivity index (χ1n) is 9.19. The van der Waals surface area contributed by atoms with Gasteiger partial charge in [-0.3, -0.25) is 4.55 Å². The molecule has 2 fully saturated rings. The average Bonchev–Trinajstić information content (AvgIpc) is 3.19. The number of ether oxygens (including phenoxy) is 2. The van der Waals surface area contributed by atoms with Crippen LogP contribution >= 0.6 is 0 Å². The van der Waals surface area contributed by atoms with Gasteiger partial charge in [0.2, 0.25) is 0 Å². The minimum absolute atomic E-state index is 0.153. The van der Waals surface area contributed by atoms with Crippen molar-refractivity contribution in [3.05, 3.63) is 23.3 Å². The molecule has 142 valence electrons. The summed E-state index contributed by atoms with van der Waals surface area (Å²) in [5.41, 5.74) is 1.56. The molecule has 3 rings (SSSR count). The molecule has 0 amide bonds. The Morgan fingerprint density at radius 2 is 1.76 bits per heavy atom. The van der Waals surface area contributed by atoms with Gasteiger partial charge in [0.05, 0.1) is 0 Å². The van der Waals surface area contributed by atoms with Crippen LogP contribution in [0, 0.1) is 17.3 Å². The van der Waals surface area contributed by atoms with E-state index in [1.54, 1.807) is 6.08 Å². The van der Waals surface area contributed by atoms with Crippen LogP contribution in [-0.2, 0) is 19.6 Å². The molecule has 25 heavy (non-hydrogen) atoms. The minimum Gasteiger partial charge on any atom is -0.381 e. The monoisotopic (exact) mass is 370 g/mol. The lowest BCUT2D eigenvalue weighted by atomic mass is 9.63. The first-order chi connectivity index (χ1) is 11.7. The zero-order chi connectivity index (χ0) is 18.3. The molecule has 2 heterocycles. The van der Waals surface area contributed by atoms with E-state index in [1.165, 1.54) is 0 Å². The lowest BCUT2D eigenvalue weighted by molar-refractivity contribution is 0.172. The van der Waals surface area contributed by atoms with Gasteiger partial charge >= 0.3 is 0 Å². The highest BCUT2D eigenvalue weighted by Crippen LogP contribution is 2.53. The van der Waals surface area contributed by atoms with Gasteiger partial charge in [-0.2, -0.15) is 8.42 Å². The zero-order valence-electron chi connectivity index (χ0n) is 15.5. The fraction of sp³-hybridized carbons (Fsp3) is 0.789. The highest BCUT2D eigenvalue weighted by molar-refractivity contribution is 7.87. The van der Waals surface area contributed by atoms with Gasteiger partial charge in [-0.1, -0.05) is 37.1 Å². The highest BCUT2D eigenvalue weighted by Gasteiger charge is 2.57. The van der Waals surface area contributed by atoms with Crippen molar-refractivity contribution in [3.8, 4) is 0 Å². The average molecular weight is 371 g/mol. The third-order valence-electron chi connectivity index (χ3n) is 6.48. The van der Waals surface area contributed by atoms with Crippen LogP contribution in [0.5, 0.6) is 0 Å². The summed E-state index contributed by atoms with van der Waals surface area (Å²) in [4.78, 5) is 0. The number of allylic oxidation sites excluding steroid dienone is 3. The Kier molecular flexibility index (Phi) is 5.19. The summed E-state index contributed by atoms with van der Waals surface area (Å²) in [6.45, 7) is 8.70. The normalized spacial score (nSPS) is 35.5. The van der Waals surface area contributed by atoms with Crippen LogP contribution in [0.25, 0.3) is 0 Å². The fourth-order valence-corrected chi connectivity index (χ4v) is 6.23. The van der Waals surface area contributed by atoms with E-state index < -0.39 is 20.3 Å². The van der Waals surface area contributed by atoms with E-state index in [2.05, 4.69) is 0 Å². The Hall–Kier alpha value is -0.690. The summed E-state index contributed by atoms with van der Waals surface area (Å²) in [5.74, 6) is 0.574. The van der Waals surface area contributed by atoms with Crippen LogP contribution in [0.2, 0.25) is 0 Å². The molecule has 0 aromatic rings. The maximum absolute atomic E-state index is 12.6. The van der Waals surface area contributed by atoms with Crippen molar-refractivity contribution in [2.24, 2.45) is 17.3 Å². The zero-order valence-corrected chi connectivity index (χ0v) is 16.3. The van der Waals surface area contributed by atoms with Crippen molar-refractivity contribution in [3.63, 3.8) is 0 Å². The highest BCUT2D eigenvalue weighted by atomic mass is 32.2. The smallest absolute Gasteiger partial charge is 0.275 e. The molecular weight excluding hydrogens is 340 g/mol. The quantitative estimate of drug-likeness (QED) is 0.751. The molecule has 1 N–H and O–H groups in total. The van der Waals surface area contributed by atoms with Crippen molar-refractivity contribution in [2.75, 3.05) is 26.4 Å². The summed E-state index contributed by atoms with van der Waals surface area (Å²) < 4.78 is 45.2. The number of hydrogen-bond acceptors (Lipinski definition) is 4. The molecule has 0 spiro atoms. The first kappa shape index (κ1) is 19.1. The lowest BCUT2D eigenvalue weighted by Crippen LogP contribution is -2.53. The second-order valence-corrected chi connectivity index (χ2v) is 10.0. The third kappa shape index (κ3) is 3.34. The topological polar surface area (TPSA) is 72.8 Å². The molecule has 0 bridgehead atoms. The molecule has 0 radical (unpaired) electrons. The van der Waals surface area contributed by atoms with Crippen LogP contribution in [0.3, 0.4) is 0 Å².